The minimum atomic E-state index is -0.996. The molecule has 1 amide bonds. The molecule has 0 saturated carbocycles. The fourth-order valence-electron chi connectivity index (χ4n) is 4.66. The Bertz CT molecular complexity index is 1420. The highest BCUT2D eigenvalue weighted by molar-refractivity contribution is 6.08. The minimum Gasteiger partial charge on any atom is -0.497 e. The van der Waals surface area contributed by atoms with Crippen molar-refractivity contribution in [2.45, 2.75) is 19.9 Å². The predicted molar refractivity (Wildman–Crippen MR) is 152 cm³/mol. The average Bonchev–Trinajstić information content (AvgIpc) is 3.20. The van der Waals surface area contributed by atoms with E-state index in [1.165, 1.54) is 14.2 Å². The van der Waals surface area contributed by atoms with Crippen LogP contribution in [0.5, 0.6) is 17.2 Å². The summed E-state index contributed by atoms with van der Waals surface area (Å²) in [5, 5.41) is 15.0. The molecular weight excluding hydrogens is 496 g/mol. The SMILES string of the molecule is COc1ccc2c(c1)C(CC(=O)NCc1ccccc1)=C(C)/C2=C/c1cc(OC)c(NCC(=O)O)c(OC)c1. The van der Waals surface area contributed by atoms with Gasteiger partial charge in [-0.05, 0) is 76.2 Å². The molecule has 0 aliphatic heterocycles. The van der Waals surface area contributed by atoms with Crippen molar-refractivity contribution >= 4 is 34.8 Å². The second kappa shape index (κ2) is 12.2. The Hall–Kier alpha value is -4.72. The number of hydrogen-bond acceptors (Lipinski definition) is 6. The van der Waals surface area contributed by atoms with Crippen LogP contribution in [0.3, 0.4) is 0 Å². The van der Waals surface area contributed by atoms with Gasteiger partial charge < -0.3 is 30.0 Å². The molecule has 202 valence electrons. The Morgan fingerprint density at radius 1 is 0.897 bits per heavy atom. The molecule has 0 bridgehead atoms. The summed E-state index contributed by atoms with van der Waals surface area (Å²) in [6.07, 6.45) is 2.24. The number of carbonyl (C=O) groups excluding carboxylic acids is 1. The lowest BCUT2D eigenvalue weighted by molar-refractivity contribution is -0.135. The topological polar surface area (TPSA) is 106 Å². The maximum Gasteiger partial charge on any atom is 0.322 e. The summed E-state index contributed by atoms with van der Waals surface area (Å²) in [7, 11) is 4.66. The van der Waals surface area contributed by atoms with Crippen LogP contribution in [0.4, 0.5) is 5.69 Å². The quantitative estimate of drug-likeness (QED) is 0.312. The zero-order valence-corrected chi connectivity index (χ0v) is 22.5. The molecule has 0 saturated heterocycles. The van der Waals surface area contributed by atoms with Crippen molar-refractivity contribution in [2.24, 2.45) is 0 Å². The molecule has 0 radical (unpaired) electrons. The molecule has 0 heterocycles. The number of nitrogens with one attached hydrogen (secondary N) is 2. The van der Waals surface area contributed by atoms with Crippen molar-refractivity contribution in [2.75, 3.05) is 33.2 Å². The molecule has 3 aromatic rings. The van der Waals surface area contributed by atoms with Crippen molar-refractivity contribution in [3.63, 3.8) is 0 Å². The van der Waals surface area contributed by atoms with Gasteiger partial charge in [0.05, 0.1) is 27.8 Å². The molecule has 1 aliphatic carbocycles. The number of fused-ring (bicyclic) bond motifs is 1. The number of allylic oxidation sites excluding steroid dienone is 2. The molecule has 8 nitrogen and oxygen atoms in total. The van der Waals surface area contributed by atoms with Gasteiger partial charge in [-0.2, -0.15) is 0 Å². The van der Waals surface area contributed by atoms with Crippen LogP contribution in [-0.4, -0.2) is 44.9 Å². The van der Waals surface area contributed by atoms with Gasteiger partial charge in [-0.3, -0.25) is 9.59 Å². The highest BCUT2D eigenvalue weighted by Crippen LogP contribution is 2.46. The zero-order chi connectivity index (χ0) is 27.9. The Morgan fingerprint density at radius 3 is 2.21 bits per heavy atom. The van der Waals surface area contributed by atoms with Crippen molar-refractivity contribution in [3.8, 4) is 17.2 Å². The molecule has 3 N–H and O–H groups in total. The van der Waals surface area contributed by atoms with E-state index in [4.69, 9.17) is 19.3 Å². The standard InChI is InChI=1S/C31H32N2O6/c1-19-24(12-21-13-27(38-3)31(28(14-21)39-4)33-18-30(35)36)23-11-10-22(37-2)15-26(23)25(19)16-29(34)32-17-20-8-6-5-7-9-20/h5-15,33H,16-18H2,1-4H3,(H,32,34)(H,35,36)/b24-12-. The summed E-state index contributed by atoms with van der Waals surface area (Å²) in [5.41, 5.74) is 7.12. The molecule has 0 fully saturated rings. The third-order valence-electron chi connectivity index (χ3n) is 6.62. The third kappa shape index (κ3) is 6.23. The van der Waals surface area contributed by atoms with Crippen LogP contribution < -0.4 is 24.8 Å². The van der Waals surface area contributed by atoms with Gasteiger partial charge in [-0.25, -0.2) is 0 Å². The van der Waals surface area contributed by atoms with E-state index < -0.39 is 5.97 Å². The van der Waals surface area contributed by atoms with Crippen LogP contribution in [0, 0.1) is 0 Å². The number of methoxy groups -OCH3 is 3. The monoisotopic (exact) mass is 528 g/mol. The van der Waals surface area contributed by atoms with Crippen LogP contribution >= 0.6 is 0 Å². The Kier molecular flexibility index (Phi) is 8.56. The van der Waals surface area contributed by atoms with E-state index in [0.29, 0.717) is 29.5 Å². The van der Waals surface area contributed by atoms with Crippen LogP contribution in [-0.2, 0) is 16.1 Å². The average molecular weight is 529 g/mol. The number of ether oxygens (including phenoxy) is 3. The third-order valence-corrected chi connectivity index (χ3v) is 6.62. The number of rotatable bonds is 11. The molecular formula is C31H32N2O6. The molecule has 1 aliphatic rings. The number of hydrogen-bond donors (Lipinski definition) is 3. The normalized spacial score (nSPS) is 13.2. The summed E-state index contributed by atoms with van der Waals surface area (Å²) < 4.78 is 16.6. The molecule has 0 unspecified atom stereocenters. The van der Waals surface area contributed by atoms with Gasteiger partial charge in [-0.15, -0.1) is 0 Å². The molecule has 4 rings (SSSR count). The Morgan fingerprint density at radius 2 is 1.59 bits per heavy atom. The van der Waals surface area contributed by atoms with Crippen molar-refractivity contribution in [1.29, 1.82) is 0 Å². The maximum absolute atomic E-state index is 13.0. The van der Waals surface area contributed by atoms with Gasteiger partial charge in [0.25, 0.3) is 0 Å². The number of carboxylic acids is 1. The van der Waals surface area contributed by atoms with E-state index >= 15 is 0 Å². The summed E-state index contributed by atoms with van der Waals surface area (Å²) in [6.45, 7) is 2.19. The van der Waals surface area contributed by atoms with Crippen LogP contribution in [0.1, 0.15) is 35.6 Å². The van der Waals surface area contributed by atoms with Crippen LogP contribution in [0.2, 0.25) is 0 Å². The summed E-state index contributed by atoms with van der Waals surface area (Å²) in [4.78, 5) is 24.1. The number of anilines is 1. The molecule has 0 aromatic heterocycles. The summed E-state index contributed by atoms with van der Waals surface area (Å²) >= 11 is 0. The Balaban J connectivity index is 1.70. The van der Waals surface area contributed by atoms with Crippen molar-refractivity contribution in [3.05, 3.63) is 88.5 Å². The van der Waals surface area contributed by atoms with Gasteiger partial charge in [0.2, 0.25) is 5.91 Å². The number of amides is 1. The first-order chi connectivity index (χ1) is 18.8. The van der Waals surface area contributed by atoms with Gasteiger partial charge >= 0.3 is 5.97 Å². The first-order valence-corrected chi connectivity index (χ1v) is 12.5. The van der Waals surface area contributed by atoms with E-state index in [9.17, 15) is 9.59 Å². The molecule has 0 spiro atoms. The number of aliphatic carboxylic acids is 1. The van der Waals surface area contributed by atoms with E-state index in [2.05, 4.69) is 10.6 Å². The van der Waals surface area contributed by atoms with Crippen molar-refractivity contribution < 1.29 is 28.9 Å². The highest BCUT2D eigenvalue weighted by atomic mass is 16.5. The van der Waals surface area contributed by atoms with E-state index in [1.807, 2.05) is 73.7 Å². The van der Waals surface area contributed by atoms with E-state index in [0.717, 1.165) is 39.0 Å². The molecule has 39 heavy (non-hydrogen) atoms. The van der Waals surface area contributed by atoms with Crippen LogP contribution in [0.25, 0.3) is 17.2 Å². The zero-order valence-electron chi connectivity index (χ0n) is 22.5. The fraction of sp³-hybridized carbons (Fsp3) is 0.226. The van der Waals surface area contributed by atoms with E-state index in [-0.39, 0.29) is 18.9 Å². The van der Waals surface area contributed by atoms with Gasteiger partial charge in [0.15, 0.2) is 0 Å². The Labute approximate surface area is 227 Å². The van der Waals surface area contributed by atoms with Crippen molar-refractivity contribution in [1.82, 2.24) is 5.32 Å². The molecule has 8 heteroatoms. The van der Waals surface area contributed by atoms with Crippen LogP contribution in [0.15, 0.2) is 66.2 Å². The van der Waals surface area contributed by atoms with Gasteiger partial charge in [0.1, 0.15) is 29.5 Å². The summed E-state index contributed by atoms with van der Waals surface area (Å²) in [5.74, 6) is 0.557. The minimum absolute atomic E-state index is 0.0691. The largest absolute Gasteiger partial charge is 0.497 e. The first kappa shape index (κ1) is 27.3. The van der Waals surface area contributed by atoms with E-state index in [1.54, 1.807) is 7.11 Å². The number of carboxylic acid groups (broad SMARTS) is 1. The summed E-state index contributed by atoms with van der Waals surface area (Å²) in [6, 6.07) is 19.3. The lowest BCUT2D eigenvalue weighted by atomic mass is 10.00. The number of benzene rings is 3. The van der Waals surface area contributed by atoms with Gasteiger partial charge in [-0.1, -0.05) is 36.4 Å². The maximum atomic E-state index is 13.0. The second-order valence-corrected chi connectivity index (χ2v) is 9.06. The smallest absolute Gasteiger partial charge is 0.322 e. The second-order valence-electron chi connectivity index (χ2n) is 9.06. The molecule has 0 atom stereocenters. The lowest BCUT2D eigenvalue weighted by Gasteiger charge is -2.15. The van der Waals surface area contributed by atoms with Gasteiger partial charge in [0, 0.05) is 6.54 Å². The lowest BCUT2D eigenvalue weighted by Crippen LogP contribution is -2.22. The predicted octanol–water partition coefficient (Wildman–Crippen LogP) is 5.24. The number of carbonyl (C=O) groups is 2. The molecule has 3 aromatic carbocycles. The highest BCUT2D eigenvalue weighted by Gasteiger charge is 2.26. The fourth-order valence-corrected chi connectivity index (χ4v) is 4.66. The first-order valence-electron chi connectivity index (χ1n) is 12.5.